The van der Waals surface area contributed by atoms with Crippen LogP contribution < -0.4 is 15.2 Å². The number of rotatable bonds is 15. The molecule has 2 aromatic carbocycles. The molecule has 2 unspecified atom stereocenters. The van der Waals surface area contributed by atoms with E-state index in [9.17, 15) is 9.59 Å². The van der Waals surface area contributed by atoms with Crippen molar-refractivity contribution in [3.63, 3.8) is 0 Å². The highest BCUT2D eigenvalue weighted by Gasteiger charge is 2.40. The molecule has 0 saturated carbocycles. The first-order chi connectivity index (χ1) is 17.5. The molecule has 0 fully saturated rings. The number of nitrogen functional groups attached to an aromatic ring is 1. The lowest BCUT2D eigenvalue weighted by Crippen LogP contribution is -2.41. The van der Waals surface area contributed by atoms with E-state index < -0.39 is 5.92 Å². The van der Waals surface area contributed by atoms with Gasteiger partial charge in [0.25, 0.3) is 0 Å². The number of unbranched alkanes of at least 4 members (excludes halogenated alkanes) is 3. The van der Waals surface area contributed by atoms with Crippen molar-refractivity contribution in [3.8, 4) is 11.5 Å². The third-order valence-electron chi connectivity index (χ3n) is 6.87. The fourth-order valence-corrected chi connectivity index (χ4v) is 4.83. The van der Waals surface area contributed by atoms with E-state index in [4.69, 9.17) is 15.2 Å². The number of ether oxygens (including phenoxy) is 2. The zero-order chi connectivity index (χ0) is 26.1. The molecule has 0 spiro atoms. The summed E-state index contributed by atoms with van der Waals surface area (Å²) in [5, 5.41) is 0. The number of ketones is 1. The maximum Gasteiger partial charge on any atom is 0.318 e. The molecular weight excluding hydrogens is 452 g/mol. The summed E-state index contributed by atoms with van der Waals surface area (Å²) in [6, 6.07) is 10.8. The molecule has 0 aliphatic carbocycles. The summed E-state index contributed by atoms with van der Waals surface area (Å²) in [6.45, 7) is 10.4. The van der Waals surface area contributed by atoms with E-state index in [1.807, 2.05) is 18.2 Å². The molecule has 196 valence electrons. The van der Waals surface area contributed by atoms with Crippen molar-refractivity contribution in [2.24, 2.45) is 0 Å². The van der Waals surface area contributed by atoms with Gasteiger partial charge < -0.3 is 15.2 Å². The van der Waals surface area contributed by atoms with E-state index in [1.54, 1.807) is 18.2 Å². The lowest BCUT2D eigenvalue weighted by Gasteiger charge is -2.32. The predicted molar refractivity (Wildman–Crippen MR) is 145 cm³/mol. The second kappa shape index (κ2) is 13.4. The van der Waals surface area contributed by atoms with Gasteiger partial charge in [-0.2, -0.15) is 0 Å². The van der Waals surface area contributed by atoms with Crippen LogP contribution in [0.25, 0.3) is 0 Å². The van der Waals surface area contributed by atoms with Gasteiger partial charge >= 0.3 is 5.97 Å². The SMILES string of the molecule is CCCCC1C(=O)Oc2cc(N)c(OC(CC)N(CCCC)CCCC)c(C(=O)c3ccccc3)c21. The summed E-state index contributed by atoms with van der Waals surface area (Å²) >= 11 is 0. The highest BCUT2D eigenvalue weighted by atomic mass is 16.5. The molecule has 0 amide bonds. The number of hydrogen-bond acceptors (Lipinski definition) is 6. The topological polar surface area (TPSA) is 81.9 Å². The molecule has 0 bridgehead atoms. The summed E-state index contributed by atoms with van der Waals surface area (Å²) in [6.07, 6.45) is 7.28. The van der Waals surface area contributed by atoms with Crippen LogP contribution in [0.3, 0.4) is 0 Å². The Labute approximate surface area is 216 Å². The number of carbonyl (C=O) groups excluding carboxylic acids is 2. The molecule has 6 nitrogen and oxygen atoms in total. The largest absolute Gasteiger partial charge is 0.472 e. The van der Waals surface area contributed by atoms with Crippen LogP contribution in [0.1, 0.15) is 106 Å². The Bertz CT molecular complexity index is 1010. The van der Waals surface area contributed by atoms with Gasteiger partial charge in [-0.25, -0.2) is 0 Å². The Kier molecular flexibility index (Phi) is 10.4. The molecule has 3 rings (SSSR count). The fraction of sp³-hybridized carbons (Fsp3) is 0.533. The van der Waals surface area contributed by atoms with E-state index in [-0.39, 0.29) is 18.0 Å². The van der Waals surface area contributed by atoms with Crippen LogP contribution in [-0.4, -0.2) is 36.0 Å². The Morgan fingerprint density at radius 1 is 1.03 bits per heavy atom. The van der Waals surface area contributed by atoms with E-state index in [2.05, 4.69) is 32.6 Å². The first-order valence-electron chi connectivity index (χ1n) is 13.6. The van der Waals surface area contributed by atoms with Crippen molar-refractivity contribution in [2.45, 2.75) is 91.2 Å². The zero-order valence-electron chi connectivity index (χ0n) is 22.3. The maximum absolute atomic E-state index is 14.0. The zero-order valence-corrected chi connectivity index (χ0v) is 22.3. The number of nitrogens with zero attached hydrogens (tertiary/aromatic N) is 1. The normalized spacial score (nSPS) is 15.6. The van der Waals surface area contributed by atoms with Crippen molar-refractivity contribution < 1.29 is 19.1 Å². The van der Waals surface area contributed by atoms with E-state index in [0.29, 0.717) is 40.3 Å². The number of esters is 1. The number of nitrogens with two attached hydrogens (primary N) is 1. The third-order valence-corrected chi connectivity index (χ3v) is 6.87. The summed E-state index contributed by atoms with van der Waals surface area (Å²) in [7, 11) is 0. The number of benzene rings is 2. The smallest absolute Gasteiger partial charge is 0.318 e. The van der Waals surface area contributed by atoms with Crippen LogP contribution in [0.4, 0.5) is 5.69 Å². The van der Waals surface area contributed by atoms with E-state index in [0.717, 1.165) is 58.0 Å². The van der Waals surface area contributed by atoms with Gasteiger partial charge in [0.2, 0.25) is 0 Å². The van der Waals surface area contributed by atoms with Gasteiger partial charge in [-0.15, -0.1) is 0 Å². The van der Waals surface area contributed by atoms with Gasteiger partial charge in [0.1, 0.15) is 5.75 Å². The standard InChI is InChI=1S/C30H42N2O4/c1-5-9-17-22-26-24(35-30(22)34)20-23(31)29(27(26)28(33)21-15-13-12-14-16-21)36-25(8-4)32(18-10-6-2)19-11-7-3/h12-16,20,22,25H,5-11,17-19,31H2,1-4H3. The fourth-order valence-electron chi connectivity index (χ4n) is 4.83. The molecule has 6 heteroatoms. The summed E-state index contributed by atoms with van der Waals surface area (Å²) in [4.78, 5) is 29.2. The summed E-state index contributed by atoms with van der Waals surface area (Å²) in [5.74, 6) is -0.268. The predicted octanol–water partition coefficient (Wildman–Crippen LogP) is 6.71. The van der Waals surface area contributed by atoms with E-state index in [1.165, 1.54) is 0 Å². The minimum absolute atomic E-state index is 0.197. The van der Waals surface area contributed by atoms with Crippen molar-refractivity contribution in [3.05, 3.63) is 53.1 Å². The van der Waals surface area contributed by atoms with Crippen molar-refractivity contribution in [1.82, 2.24) is 4.90 Å². The van der Waals surface area contributed by atoms with Crippen molar-refractivity contribution in [2.75, 3.05) is 18.8 Å². The van der Waals surface area contributed by atoms with Crippen molar-refractivity contribution in [1.29, 1.82) is 0 Å². The Morgan fingerprint density at radius 2 is 1.67 bits per heavy atom. The Hall–Kier alpha value is -2.86. The highest BCUT2D eigenvalue weighted by Crippen LogP contribution is 2.47. The van der Waals surface area contributed by atoms with Gasteiger partial charge in [-0.1, -0.05) is 83.7 Å². The van der Waals surface area contributed by atoms with Crippen molar-refractivity contribution >= 4 is 17.4 Å². The maximum atomic E-state index is 14.0. The molecule has 0 saturated heterocycles. The van der Waals surface area contributed by atoms with Crippen LogP contribution in [-0.2, 0) is 4.79 Å². The van der Waals surface area contributed by atoms with Gasteiger partial charge in [-0.05, 0) is 25.7 Å². The molecule has 2 N–H and O–H groups in total. The van der Waals surface area contributed by atoms with Gasteiger partial charge in [0.05, 0.1) is 17.2 Å². The summed E-state index contributed by atoms with van der Waals surface area (Å²) in [5.41, 5.74) is 8.36. The second-order valence-corrected chi connectivity index (χ2v) is 9.62. The lowest BCUT2D eigenvalue weighted by atomic mass is 9.87. The third kappa shape index (κ3) is 6.28. The van der Waals surface area contributed by atoms with Gasteiger partial charge in [0, 0.05) is 30.3 Å². The van der Waals surface area contributed by atoms with Crippen LogP contribution in [0.15, 0.2) is 36.4 Å². The van der Waals surface area contributed by atoms with Crippen LogP contribution in [0.2, 0.25) is 0 Å². The first kappa shape index (κ1) is 27.7. The van der Waals surface area contributed by atoms with Crippen LogP contribution >= 0.6 is 0 Å². The number of carbonyl (C=O) groups is 2. The molecule has 2 aromatic rings. The monoisotopic (exact) mass is 494 g/mol. The molecule has 1 aliphatic heterocycles. The average molecular weight is 495 g/mol. The average Bonchev–Trinajstić information content (AvgIpc) is 3.20. The minimum Gasteiger partial charge on any atom is -0.472 e. The first-order valence-corrected chi connectivity index (χ1v) is 13.6. The van der Waals surface area contributed by atoms with Crippen LogP contribution in [0, 0.1) is 0 Å². The Morgan fingerprint density at radius 3 is 2.25 bits per heavy atom. The van der Waals surface area contributed by atoms with Gasteiger partial charge in [-0.3, -0.25) is 14.5 Å². The minimum atomic E-state index is -0.498. The molecule has 0 aromatic heterocycles. The van der Waals surface area contributed by atoms with Gasteiger partial charge in [0.15, 0.2) is 17.8 Å². The highest BCUT2D eigenvalue weighted by molar-refractivity contribution is 6.14. The lowest BCUT2D eigenvalue weighted by molar-refractivity contribution is -0.134. The summed E-state index contributed by atoms with van der Waals surface area (Å²) < 4.78 is 12.3. The number of fused-ring (bicyclic) bond motifs is 1. The molecule has 2 atom stereocenters. The quantitative estimate of drug-likeness (QED) is 0.0974. The number of anilines is 1. The molecule has 36 heavy (non-hydrogen) atoms. The van der Waals surface area contributed by atoms with E-state index >= 15 is 0 Å². The molecule has 0 radical (unpaired) electrons. The Balaban J connectivity index is 2.12. The second-order valence-electron chi connectivity index (χ2n) is 9.62. The number of hydrogen-bond donors (Lipinski definition) is 1. The van der Waals surface area contributed by atoms with Crippen LogP contribution in [0.5, 0.6) is 11.5 Å². The molecule has 1 aliphatic rings. The molecule has 1 heterocycles. The molecular formula is C30H42N2O4.